The Morgan fingerprint density at radius 2 is 2.20 bits per heavy atom. The van der Waals surface area contributed by atoms with E-state index in [0.717, 1.165) is 6.54 Å². The summed E-state index contributed by atoms with van der Waals surface area (Å²) in [7, 11) is 0. The van der Waals surface area contributed by atoms with E-state index in [9.17, 15) is 0 Å². The van der Waals surface area contributed by atoms with E-state index < -0.39 is 5.92 Å². The van der Waals surface area contributed by atoms with Crippen molar-refractivity contribution < 1.29 is 0 Å². The number of hydrogen-bond acceptors (Lipinski definition) is 4. The summed E-state index contributed by atoms with van der Waals surface area (Å²) in [4.78, 5) is 3.94. The van der Waals surface area contributed by atoms with E-state index in [4.69, 9.17) is 10.5 Å². The third-order valence-corrected chi connectivity index (χ3v) is 1.23. The molecular formula is C6H6N4. The van der Waals surface area contributed by atoms with Gasteiger partial charge in [-0.05, 0) is 0 Å². The number of aliphatic imine (C=N–C) groups is 1. The highest BCUT2D eigenvalue weighted by atomic mass is 15.1. The van der Waals surface area contributed by atoms with Crippen LogP contribution >= 0.6 is 0 Å². The van der Waals surface area contributed by atoms with Gasteiger partial charge in [0.15, 0.2) is 5.92 Å². The molecule has 4 nitrogen and oxygen atoms in total. The molecule has 0 saturated heterocycles. The molecule has 0 unspecified atom stereocenters. The Hall–Kier alpha value is -1.55. The molecule has 0 bridgehead atoms. The molecule has 1 N–H and O–H groups in total. The Kier molecular flexibility index (Phi) is 1.86. The second kappa shape index (κ2) is 2.84. The quantitative estimate of drug-likeness (QED) is 0.532. The number of nitrogens with zero attached hydrogens (tertiary/aromatic N) is 3. The number of nitrogens with one attached hydrogen (secondary N) is 1. The van der Waals surface area contributed by atoms with Crippen LogP contribution < -0.4 is 5.32 Å². The van der Waals surface area contributed by atoms with Crippen LogP contribution in [0.25, 0.3) is 0 Å². The second-order valence-electron chi connectivity index (χ2n) is 1.88. The van der Waals surface area contributed by atoms with Gasteiger partial charge < -0.3 is 5.32 Å². The summed E-state index contributed by atoms with van der Waals surface area (Å²) < 4.78 is 0. The lowest BCUT2D eigenvalue weighted by atomic mass is 10.2. The predicted octanol–water partition coefficient (Wildman–Crippen LogP) is -0.349. The first-order valence-electron chi connectivity index (χ1n) is 2.96. The molecule has 1 aliphatic heterocycles. The van der Waals surface area contributed by atoms with Crippen molar-refractivity contribution in [1.82, 2.24) is 5.32 Å². The predicted molar refractivity (Wildman–Crippen MR) is 35.0 cm³/mol. The van der Waals surface area contributed by atoms with Gasteiger partial charge in [-0.3, -0.25) is 4.99 Å². The van der Waals surface area contributed by atoms with Crippen LogP contribution in [0, 0.1) is 28.6 Å². The van der Waals surface area contributed by atoms with Crippen molar-refractivity contribution in [3.63, 3.8) is 0 Å². The highest BCUT2D eigenvalue weighted by Gasteiger charge is 2.16. The summed E-state index contributed by atoms with van der Waals surface area (Å²) in [5.74, 6) is -0.188. The smallest absolute Gasteiger partial charge is 0.189 e. The zero-order valence-electron chi connectivity index (χ0n) is 5.33. The molecular weight excluding hydrogens is 128 g/mol. The maximum absolute atomic E-state index is 8.39. The second-order valence-corrected chi connectivity index (χ2v) is 1.88. The SMILES string of the molecule is N#CC(C#N)C1=NCCN1. The molecule has 4 heteroatoms. The molecule has 0 atom stereocenters. The maximum atomic E-state index is 8.39. The Balaban J connectivity index is 2.66. The van der Waals surface area contributed by atoms with Crippen molar-refractivity contribution in [1.29, 1.82) is 10.5 Å². The van der Waals surface area contributed by atoms with Crippen LogP contribution in [-0.4, -0.2) is 18.9 Å². The monoisotopic (exact) mass is 134 g/mol. The lowest BCUT2D eigenvalue weighted by Gasteiger charge is -1.98. The lowest BCUT2D eigenvalue weighted by Crippen LogP contribution is -2.25. The molecule has 1 aliphatic rings. The molecule has 0 aromatic rings. The molecule has 1 heterocycles. The summed E-state index contributed by atoms with van der Waals surface area (Å²) in [6.45, 7) is 1.42. The fraction of sp³-hybridized carbons (Fsp3) is 0.500. The average Bonchev–Trinajstić information content (AvgIpc) is 2.43. The van der Waals surface area contributed by atoms with Crippen molar-refractivity contribution in [3.05, 3.63) is 0 Å². The largest absolute Gasteiger partial charge is 0.370 e. The summed E-state index contributed by atoms with van der Waals surface area (Å²) in [6.07, 6.45) is 0. The molecule has 0 aromatic carbocycles. The Morgan fingerprint density at radius 1 is 1.50 bits per heavy atom. The fourth-order valence-corrected chi connectivity index (χ4v) is 0.761. The van der Waals surface area contributed by atoms with E-state index in [1.54, 1.807) is 0 Å². The Morgan fingerprint density at radius 3 is 2.60 bits per heavy atom. The van der Waals surface area contributed by atoms with Crippen LogP contribution in [0.3, 0.4) is 0 Å². The van der Waals surface area contributed by atoms with Gasteiger partial charge in [0.05, 0.1) is 18.7 Å². The number of nitriles is 2. The minimum atomic E-state index is -0.706. The minimum absolute atomic E-state index is 0.519. The summed E-state index contributed by atoms with van der Waals surface area (Å²) in [5.41, 5.74) is 0. The van der Waals surface area contributed by atoms with E-state index in [-0.39, 0.29) is 0 Å². The standard InChI is InChI=1S/C6H6N4/c7-3-5(4-8)6-9-1-2-10-6/h5H,1-2H2,(H,9,10). The number of rotatable bonds is 1. The summed E-state index contributed by atoms with van der Waals surface area (Å²) >= 11 is 0. The first kappa shape index (κ1) is 6.57. The third-order valence-electron chi connectivity index (χ3n) is 1.23. The maximum Gasteiger partial charge on any atom is 0.189 e. The first-order chi connectivity index (χ1) is 4.88. The van der Waals surface area contributed by atoms with Gasteiger partial charge in [0.1, 0.15) is 5.84 Å². The molecule has 0 fully saturated rings. The van der Waals surface area contributed by atoms with Crippen molar-refractivity contribution >= 4 is 5.84 Å². The fourth-order valence-electron chi connectivity index (χ4n) is 0.761. The zero-order chi connectivity index (χ0) is 7.40. The van der Waals surface area contributed by atoms with Gasteiger partial charge in [0, 0.05) is 6.54 Å². The van der Waals surface area contributed by atoms with Gasteiger partial charge in [-0.15, -0.1) is 0 Å². The number of amidine groups is 1. The van der Waals surface area contributed by atoms with Crippen LogP contribution in [0.5, 0.6) is 0 Å². The van der Waals surface area contributed by atoms with E-state index in [2.05, 4.69) is 10.3 Å². The van der Waals surface area contributed by atoms with Gasteiger partial charge in [-0.25, -0.2) is 0 Å². The van der Waals surface area contributed by atoms with Crippen LogP contribution in [-0.2, 0) is 0 Å². The zero-order valence-corrected chi connectivity index (χ0v) is 5.33. The number of hydrogen-bond donors (Lipinski definition) is 1. The summed E-state index contributed by atoms with van der Waals surface area (Å²) in [5, 5.41) is 19.6. The molecule has 0 aliphatic carbocycles. The molecule has 1 rings (SSSR count). The van der Waals surface area contributed by atoms with Crippen molar-refractivity contribution in [2.24, 2.45) is 10.9 Å². The van der Waals surface area contributed by atoms with Gasteiger partial charge in [0.25, 0.3) is 0 Å². The van der Waals surface area contributed by atoms with Gasteiger partial charge in [-0.2, -0.15) is 10.5 Å². The molecule has 0 spiro atoms. The first-order valence-corrected chi connectivity index (χ1v) is 2.96. The van der Waals surface area contributed by atoms with Crippen LogP contribution in [0.1, 0.15) is 0 Å². The van der Waals surface area contributed by atoms with Gasteiger partial charge in [0.2, 0.25) is 0 Å². The minimum Gasteiger partial charge on any atom is -0.370 e. The highest BCUT2D eigenvalue weighted by molar-refractivity contribution is 5.90. The Labute approximate surface area is 58.8 Å². The van der Waals surface area contributed by atoms with Crippen LogP contribution in [0.2, 0.25) is 0 Å². The molecule has 50 valence electrons. The molecule has 0 radical (unpaired) electrons. The van der Waals surface area contributed by atoms with E-state index in [1.807, 2.05) is 12.1 Å². The lowest BCUT2D eigenvalue weighted by molar-refractivity contribution is 0.942. The van der Waals surface area contributed by atoms with Crippen molar-refractivity contribution in [3.8, 4) is 12.1 Å². The molecule has 0 amide bonds. The summed E-state index contributed by atoms with van der Waals surface area (Å²) in [6, 6.07) is 3.68. The van der Waals surface area contributed by atoms with Gasteiger partial charge >= 0.3 is 0 Å². The molecule has 0 aromatic heterocycles. The third kappa shape index (κ3) is 1.06. The van der Waals surface area contributed by atoms with Crippen LogP contribution in [0.4, 0.5) is 0 Å². The molecule has 10 heavy (non-hydrogen) atoms. The molecule has 0 saturated carbocycles. The van der Waals surface area contributed by atoms with Gasteiger partial charge in [-0.1, -0.05) is 0 Å². The highest BCUT2D eigenvalue weighted by Crippen LogP contribution is 1.97. The average molecular weight is 134 g/mol. The van der Waals surface area contributed by atoms with E-state index in [1.165, 1.54) is 0 Å². The topological polar surface area (TPSA) is 72.0 Å². The van der Waals surface area contributed by atoms with Crippen molar-refractivity contribution in [2.45, 2.75) is 0 Å². The Bertz CT molecular complexity index is 215. The van der Waals surface area contributed by atoms with Crippen molar-refractivity contribution in [2.75, 3.05) is 13.1 Å². The van der Waals surface area contributed by atoms with E-state index in [0.29, 0.717) is 12.4 Å². The van der Waals surface area contributed by atoms with E-state index >= 15 is 0 Å². The normalized spacial score (nSPS) is 15.3. The van der Waals surface area contributed by atoms with Crippen LogP contribution in [0.15, 0.2) is 4.99 Å².